The Kier molecular flexibility index (Phi) is 4.46. The zero-order chi connectivity index (χ0) is 12.8. The molecule has 0 bridgehead atoms. The zero-order valence-electron chi connectivity index (χ0n) is 10.5. The van der Waals surface area contributed by atoms with E-state index < -0.39 is 0 Å². The molecule has 0 spiro atoms. The molecule has 18 heavy (non-hydrogen) atoms. The summed E-state index contributed by atoms with van der Waals surface area (Å²) in [6.07, 6.45) is 2.30. The summed E-state index contributed by atoms with van der Waals surface area (Å²) in [5, 5.41) is 13.5. The van der Waals surface area contributed by atoms with Crippen LogP contribution in [0.15, 0.2) is 12.1 Å². The summed E-state index contributed by atoms with van der Waals surface area (Å²) in [6.45, 7) is 2.50. The standard InChI is InChI=1S/C12H18N4O2/c1-13-12(17)10-4-5-11(16-15-10)14-7-9-3-2-6-18-8-9/h4-5,9H,2-3,6-8H2,1H3,(H,13,17)(H,14,16). The van der Waals surface area contributed by atoms with Crippen molar-refractivity contribution in [1.29, 1.82) is 0 Å². The van der Waals surface area contributed by atoms with Crippen molar-refractivity contribution in [3.8, 4) is 0 Å². The van der Waals surface area contributed by atoms with E-state index in [0.29, 0.717) is 17.4 Å². The van der Waals surface area contributed by atoms with Gasteiger partial charge in [0.2, 0.25) is 0 Å². The molecule has 0 aliphatic carbocycles. The smallest absolute Gasteiger partial charge is 0.271 e. The molecule has 1 aromatic rings. The lowest BCUT2D eigenvalue weighted by atomic mass is 10.0. The van der Waals surface area contributed by atoms with Crippen LogP contribution in [0.3, 0.4) is 0 Å². The average Bonchev–Trinajstić information content (AvgIpc) is 2.46. The highest BCUT2D eigenvalue weighted by Crippen LogP contribution is 2.14. The molecule has 1 fully saturated rings. The Morgan fingerprint density at radius 1 is 1.50 bits per heavy atom. The predicted molar refractivity (Wildman–Crippen MR) is 67.5 cm³/mol. The zero-order valence-corrected chi connectivity index (χ0v) is 10.5. The maximum atomic E-state index is 11.3. The lowest BCUT2D eigenvalue weighted by molar-refractivity contribution is 0.0595. The van der Waals surface area contributed by atoms with Gasteiger partial charge in [-0.15, -0.1) is 10.2 Å². The third-order valence-electron chi connectivity index (χ3n) is 2.95. The van der Waals surface area contributed by atoms with Crippen LogP contribution in [0.1, 0.15) is 23.3 Å². The lowest BCUT2D eigenvalue weighted by Gasteiger charge is -2.22. The summed E-state index contributed by atoms with van der Waals surface area (Å²) < 4.78 is 5.41. The Bertz CT molecular complexity index is 388. The first kappa shape index (κ1) is 12.8. The third-order valence-corrected chi connectivity index (χ3v) is 2.95. The molecule has 98 valence electrons. The van der Waals surface area contributed by atoms with E-state index in [4.69, 9.17) is 4.74 Å². The maximum absolute atomic E-state index is 11.3. The summed E-state index contributed by atoms with van der Waals surface area (Å²) in [5.41, 5.74) is 0.323. The fraction of sp³-hybridized carbons (Fsp3) is 0.583. The molecule has 1 amide bonds. The van der Waals surface area contributed by atoms with Crippen LogP contribution in [0, 0.1) is 5.92 Å². The summed E-state index contributed by atoms with van der Waals surface area (Å²) in [7, 11) is 1.57. The van der Waals surface area contributed by atoms with Crippen LogP contribution in [-0.4, -0.2) is 42.9 Å². The molecule has 0 aromatic carbocycles. The predicted octanol–water partition coefficient (Wildman–Crippen LogP) is 0.675. The van der Waals surface area contributed by atoms with Gasteiger partial charge in [0.1, 0.15) is 5.82 Å². The van der Waals surface area contributed by atoms with Gasteiger partial charge in [0.15, 0.2) is 5.69 Å². The largest absolute Gasteiger partial charge is 0.381 e. The Morgan fingerprint density at radius 2 is 2.39 bits per heavy atom. The van der Waals surface area contributed by atoms with Crippen LogP contribution in [0.2, 0.25) is 0 Å². The van der Waals surface area contributed by atoms with Crippen molar-refractivity contribution in [2.75, 3.05) is 32.1 Å². The SMILES string of the molecule is CNC(=O)c1ccc(NCC2CCCOC2)nn1. The van der Waals surface area contributed by atoms with Crippen molar-refractivity contribution >= 4 is 11.7 Å². The number of aromatic nitrogens is 2. The first-order chi connectivity index (χ1) is 8.79. The normalized spacial score (nSPS) is 19.3. The molecule has 0 radical (unpaired) electrons. The van der Waals surface area contributed by atoms with Gasteiger partial charge in [-0.05, 0) is 30.9 Å². The van der Waals surface area contributed by atoms with Gasteiger partial charge in [-0.25, -0.2) is 0 Å². The number of nitrogens with zero attached hydrogens (tertiary/aromatic N) is 2. The quantitative estimate of drug-likeness (QED) is 0.821. The monoisotopic (exact) mass is 250 g/mol. The number of hydrogen-bond acceptors (Lipinski definition) is 5. The molecule has 2 heterocycles. The molecule has 1 aliphatic heterocycles. The van der Waals surface area contributed by atoms with Crippen molar-refractivity contribution < 1.29 is 9.53 Å². The highest BCUT2D eigenvalue weighted by atomic mass is 16.5. The third kappa shape index (κ3) is 3.40. The summed E-state index contributed by atoms with van der Waals surface area (Å²) in [4.78, 5) is 11.3. The molecule has 1 saturated heterocycles. The summed E-state index contributed by atoms with van der Waals surface area (Å²) >= 11 is 0. The van der Waals surface area contributed by atoms with Crippen LogP contribution < -0.4 is 10.6 Å². The summed E-state index contributed by atoms with van der Waals surface area (Å²) in [5.74, 6) is 0.988. The number of amides is 1. The van der Waals surface area contributed by atoms with E-state index in [9.17, 15) is 4.79 Å². The molecule has 2 rings (SSSR count). The molecule has 1 atom stereocenters. The second-order valence-electron chi connectivity index (χ2n) is 4.35. The second kappa shape index (κ2) is 6.30. The van der Waals surface area contributed by atoms with Gasteiger partial charge in [0, 0.05) is 20.2 Å². The second-order valence-corrected chi connectivity index (χ2v) is 4.35. The van der Waals surface area contributed by atoms with E-state index in [-0.39, 0.29) is 5.91 Å². The van der Waals surface area contributed by atoms with Crippen molar-refractivity contribution in [3.63, 3.8) is 0 Å². The molecule has 2 N–H and O–H groups in total. The molecule has 0 saturated carbocycles. The average molecular weight is 250 g/mol. The van der Waals surface area contributed by atoms with Gasteiger partial charge >= 0.3 is 0 Å². The fourth-order valence-corrected chi connectivity index (χ4v) is 1.89. The van der Waals surface area contributed by atoms with Crippen LogP contribution in [0.4, 0.5) is 5.82 Å². The number of carbonyl (C=O) groups excluding carboxylic acids is 1. The Hall–Kier alpha value is -1.69. The van der Waals surface area contributed by atoms with Gasteiger partial charge in [0.25, 0.3) is 5.91 Å². The fourth-order valence-electron chi connectivity index (χ4n) is 1.89. The lowest BCUT2D eigenvalue weighted by Crippen LogP contribution is -2.25. The van der Waals surface area contributed by atoms with Crippen LogP contribution in [0.25, 0.3) is 0 Å². The number of nitrogens with one attached hydrogen (secondary N) is 2. The highest BCUT2D eigenvalue weighted by Gasteiger charge is 2.13. The Balaban J connectivity index is 1.84. The van der Waals surface area contributed by atoms with E-state index in [1.165, 1.54) is 6.42 Å². The molecule has 6 heteroatoms. The minimum absolute atomic E-state index is 0.227. The Morgan fingerprint density at radius 3 is 3.00 bits per heavy atom. The van der Waals surface area contributed by atoms with E-state index in [0.717, 1.165) is 26.2 Å². The van der Waals surface area contributed by atoms with E-state index in [1.807, 2.05) is 0 Å². The highest BCUT2D eigenvalue weighted by molar-refractivity contribution is 5.91. The number of rotatable bonds is 4. The van der Waals surface area contributed by atoms with Crippen molar-refractivity contribution in [1.82, 2.24) is 15.5 Å². The van der Waals surface area contributed by atoms with Crippen molar-refractivity contribution in [2.45, 2.75) is 12.8 Å². The van der Waals surface area contributed by atoms with Gasteiger partial charge in [-0.2, -0.15) is 0 Å². The number of anilines is 1. The first-order valence-electron chi connectivity index (χ1n) is 6.17. The molecule has 6 nitrogen and oxygen atoms in total. The van der Waals surface area contributed by atoms with Crippen molar-refractivity contribution in [3.05, 3.63) is 17.8 Å². The van der Waals surface area contributed by atoms with Gasteiger partial charge < -0.3 is 15.4 Å². The minimum atomic E-state index is -0.227. The van der Waals surface area contributed by atoms with Crippen LogP contribution in [0.5, 0.6) is 0 Å². The molecule has 1 unspecified atom stereocenters. The van der Waals surface area contributed by atoms with E-state index in [1.54, 1.807) is 19.2 Å². The van der Waals surface area contributed by atoms with Gasteiger partial charge in [-0.1, -0.05) is 0 Å². The number of carbonyl (C=O) groups is 1. The van der Waals surface area contributed by atoms with E-state index in [2.05, 4.69) is 20.8 Å². The molecule has 1 aliphatic rings. The maximum Gasteiger partial charge on any atom is 0.271 e. The van der Waals surface area contributed by atoms with Crippen molar-refractivity contribution in [2.24, 2.45) is 5.92 Å². The first-order valence-corrected chi connectivity index (χ1v) is 6.17. The van der Waals surface area contributed by atoms with Crippen LogP contribution >= 0.6 is 0 Å². The molecular formula is C12H18N4O2. The topological polar surface area (TPSA) is 76.1 Å². The van der Waals surface area contributed by atoms with Crippen LogP contribution in [-0.2, 0) is 4.74 Å². The van der Waals surface area contributed by atoms with E-state index >= 15 is 0 Å². The Labute approximate surface area is 106 Å². The number of ether oxygens (including phenoxy) is 1. The van der Waals surface area contributed by atoms with Gasteiger partial charge in [-0.3, -0.25) is 4.79 Å². The summed E-state index contributed by atoms with van der Waals surface area (Å²) in [6, 6.07) is 3.42. The molecular weight excluding hydrogens is 232 g/mol. The number of hydrogen-bond donors (Lipinski definition) is 2. The van der Waals surface area contributed by atoms with Gasteiger partial charge in [0.05, 0.1) is 6.61 Å². The molecule has 1 aromatic heterocycles. The minimum Gasteiger partial charge on any atom is -0.381 e.